The number of nitrogens with one attached hydrogen (secondary N) is 3. The Kier molecular flexibility index (Phi) is 5.24. The summed E-state index contributed by atoms with van der Waals surface area (Å²) < 4.78 is 5.29. The van der Waals surface area contributed by atoms with Crippen LogP contribution in [0.4, 0.5) is 23.1 Å². The summed E-state index contributed by atoms with van der Waals surface area (Å²) in [6.07, 6.45) is 0. The number of nitrogens with zero attached hydrogens (tertiary/aromatic N) is 2. The Morgan fingerprint density at radius 1 is 1.00 bits per heavy atom. The maximum Gasteiger partial charge on any atom is 0.258 e. The summed E-state index contributed by atoms with van der Waals surface area (Å²) in [7, 11) is 1.54. The van der Waals surface area contributed by atoms with Crippen LogP contribution in [0.25, 0.3) is 0 Å². The normalized spacial score (nSPS) is 18.7. The van der Waals surface area contributed by atoms with E-state index in [1.807, 2.05) is 12.1 Å². The molecule has 0 saturated carbocycles. The molecule has 2 unspecified atom stereocenters. The molecule has 2 aliphatic rings. The van der Waals surface area contributed by atoms with E-state index >= 15 is 0 Å². The lowest BCUT2D eigenvalue weighted by molar-refractivity contribution is -0.121. The first kappa shape index (κ1) is 20.6. The molecule has 1 saturated heterocycles. The number of hydrogen-bond donors (Lipinski definition) is 3. The number of imide groups is 1. The van der Waals surface area contributed by atoms with Crippen molar-refractivity contribution < 1.29 is 14.3 Å². The molecule has 0 radical (unpaired) electrons. The van der Waals surface area contributed by atoms with Gasteiger partial charge in [0.1, 0.15) is 23.5 Å². The van der Waals surface area contributed by atoms with Gasteiger partial charge in [-0.15, -0.1) is 17.0 Å². The average molecular weight is 484 g/mol. The third-order valence-electron chi connectivity index (χ3n) is 5.24. The number of aromatic amines is 1. The SMILES string of the molecule is Br.COc1ccccc1Nc1nc2c(c(=O)[nH]1)C1C(=O)N(c3ccccc3)C(=O)C1N2. The highest BCUT2D eigenvalue weighted by atomic mass is 79.9. The zero-order valence-corrected chi connectivity index (χ0v) is 18.0. The van der Waals surface area contributed by atoms with Gasteiger partial charge in [0, 0.05) is 0 Å². The lowest BCUT2D eigenvalue weighted by atomic mass is 9.99. The standard InChI is InChI=1S/C21H17N5O4.BrH/c1-30-13-10-6-5-9-12(13)22-21-24-17-15(18(27)25-21)14-16(23-17)20(29)26(19(14)28)11-7-3-2-4-8-11;/h2-10,14,16H,1H3,(H3,22,23,24,25,27);1H. The molecule has 31 heavy (non-hydrogen) atoms. The van der Waals surface area contributed by atoms with E-state index < -0.39 is 29.3 Å². The number of fused-ring (bicyclic) bond motifs is 3. The lowest BCUT2D eigenvalue weighted by Crippen LogP contribution is -2.34. The second-order valence-electron chi connectivity index (χ2n) is 6.95. The Hall–Kier alpha value is -3.66. The minimum Gasteiger partial charge on any atom is -0.495 e. The first-order valence-electron chi connectivity index (χ1n) is 9.32. The van der Waals surface area contributed by atoms with Crippen LogP contribution < -0.4 is 25.8 Å². The van der Waals surface area contributed by atoms with E-state index in [4.69, 9.17) is 4.74 Å². The summed E-state index contributed by atoms with van der Waals surface area (Å²) >= 11 is 0. The van der Waals surface area contributed by atoms with Crippen LogP contribution in [0.5, 0.6) is 5.75 Å². The van der Waals surface area contributed by atoms with Crippen LogP contribution >= 0.6 is 17.0 Å². The molecule has 2 atom stereocenters. The number of halogens is 1. The Morgan fingerprint density at radius 2 is 1.71 bits per heavy atom. The van der Waals surface area contributed by atoms with Crippen molar-refractivity contribution in [2.24, 2.45) is 0 Å². The van der Waals surface area contributed by atoms with Crippen LogP contribution in [0.3, 0.4) is 0 Å². The number of carbonyl (C=O) groups is 2. The number of hydrogen-bond acceptors (Lipinski definition) is 7. The topological polar surface area (TPSA) is 116 Å². The van der Waals surface area contributed by atoms with Gasteiger partial charge in [0.2, 0.25) is 11.9 Å². The highest BCUT2D eigenvalue weighted by Gasteiger charge is 2.55. The minimum atomic E-state index is -0.913. The van der Waals surface area contributed by atoms with Crippen molar-refractivity contribution in [2.75, 3.05) is 22.6 Å². The van der Waals surface area contributed by atoms with Gasteiger partial charge in [-0.05, 0) is 24.3 Å². The molecular formula is C21H18BrN5O4. The van der Waals surface area contributed by atoms with Gasteiger partial charge >= 0.3 is 0 Å². The zero-order chi connectivity index (χ0) is 20.8. The second-order valence-corrected chi connectivity index (χ2v) is 6.95. The third-order valence-corrected chi connectivity index (χ3v) is 5.24. The predicted molar refractivity (Wildman–Crippen MR) is 121 cm³/mol. The number of H-pyrrole nitrogens is 1. The molecule has 9 nitrogen and oxygen atoms in total. The van der Waals surface area contributed by atoms with Crippen molar-refractivity contribution >= 4 is 51.9 Å². The summed E-state index contributed by atoms with van der Waals surface area (Å²) in [5, 5.41) is 5.96. The summed E-state index contributed by atoms with van der Waals surface area (Å²) in [6.45, 7) is 0. The van der Waals surface area contributed by atoms with Crippen LogP contribution in [0.1, 0.15) is 11.5 Å². The van der Waals surface area contributed by atoms with Crippen molar-refractivity contribution in [3.05, 3.63) is 70.5 Å². The number of amides is 2. The van der Waals surface area contributed by atoms with Crippen molar-refractivity contribution in [1.29, 1.82) is 0 Å². The van der Waals surface area contributed by atoms with Crippen molar-refractivity contribution in [2.45, 2.75) is 12.0 Å². The van der Waals surface area contributed by atoms with Crippen LogP contribution in [-0.4, -0.2) is 34.9 Å². The maximum atomic E-state index is 13.0. The molecule has 10 heteroatoms. The number of ether oxygens (including phenoxy) is 1. The Labute approximate surface area is 187 Å². The molecule has 2 amide bonds. The van der Waals surface area contributed by atoms with E-state index in [-0.39, 0.29) is 34.3 Å². The van der Waals surface area contributed by atoms with Gasteiger partial charge in [-0.1, -0.05) is 30.3 Å². The van der Waals surface area contributed by atoms with Crippen LogP contribution in [0, 0.1) is 0 Å². The molecule has 158 valence electrons. The zero-order valence-electron chi connectivity index (χ0n) is 16.3. The van der Waals surface area contributed by atoms with Gasteiger partial charge in [0.25, 0.3) is 11.5 Å². The molecule has 1 fully saturated rings. The van der Waals surface area contributed by atoms with E-state index in [2.05, 4.69) is 20.6 Å². The number of para-hydroxylation sites is 3. The highest BCUT2D eigenvalue weighted by molar-refractivity contribution is 8.93. The Bertz CT molecular complexity index is 1230. The van der Waals surface area contributed by atoms with E-state index in [0.29, 0.717) is 17.1 Å². The number of carbonyl (C=O) groups excluding carboxylic acids is 2. The smallest absolute Gasteiger partial charge is 0.258 e. The molecule has 2 aliphatic heterocycles. The monoisotopic (exact) mass is 483 g/mol. The van der Waals surface area contributed by atoms with E-state index in [0.717, 1.165) is 4.90 Å². The Balaban J connectivity index is 0.00000231. The summed E-state index contributed by atoms with van der Waals surface area (Å²) in [5.74, 6) is -0.789. The fourth-order valence-electron chi connectivity index (χ4n) is 3.90. The fourth-order valence-corrected chi connectivity index (χ4v) is 3.90. The quantitative estimate of drug-likeness (QED) is 0.488. The highest BCUT2D eigenvalue weighted by Crippen LogP contribution is 2.41. The van der Waals surface area contributed by atoms with E-state index in [1.54, 1.807) is 42.5 Å². The largest absolute Gasteiger partial charge is 0.495 e. The molecule has 0 bridgehead atoms. The van der Waals surface area contributed by atoms with Crippen LogP contribution in [0.15, 0.2) is 59.4 Å². The number of anilines is 4. The lowest BCUT2D eigenvalue weighted by Gasteiger charge is -2.16. The molecule has 3 N–H and O–H groups in total. The molecule has 3 heterocycles. The van der Waals surface area contributed by atoms with Gasteiger partial charge in [-0.25, -0.2) is 4.90 Å². The Morgan fingerprint density at radius 3 is 2.45 bits per heavy atom. The molecule has 5 rings (SSSR count). The first-order valence-corrected chi connectivity index (χ1v) is 9.32. The molecular weight excluding hydrogens is 466 g/mol. The molecule has 2 aromatic carbocycles. The fraction of sp³-hybridized carbons (Fsp3) is 0.143. The number of benzene rings is 2. The summed E-state index contributed by atoms with van der Waals surface area (Å²) in [6, 6.07) is 15.0. The second kappa shape index (κ2) is 7.88. The van der Waals surface area contributed by atoms with Gasteiger partial charge < -0.3 is 15.4 Å². The predicted octanol–water partition coefficient (Wildman–Crippen LogP) is 2.55. The van der Waals surface area contributed by atoms with Gasteiger partial charge in [0.05, 0.1) is 24.0 Å². The van der Waals surface area contributed by atoms with Gasteiger partial charge in [-0.2, -0.15) is 4.98 Å². The summed E-state index contributed by atoms with van der Waals surface area (Å²) in [4.78, 5) is 46.9. The number of rotatable bonds is 4. The summed E-state index contributed by atoms with van der Waals surface area (Å²) in [5.41, 5.74) is 0.781. The number of aromatic nitrogens is 2. The minimum absolute atomic E-state index is 0. The molecule has 0 aliphatic carbocycles. The van der Waals surface area contributed by atoms with Gasteiger partial charge in [-0.3, -0.25) is 19.4 Å². The van der Waals surface area contributed by atoms with E-state index in [9.17, 15) is 14.4 Å². The third kappa shape index (κ3) is 3.25. The van der Waals surface area contributed by atoms with Crippen molar-refractivity contribution in [1.82, 2.24) is 9.97 Å². The molecule has 3 aromatic rings. The van der Waals surface area contributed by atoms with Gasteiger partial charge in [0.15, 0.2) is 0 Å². The maximum absolute atomic E-state index is 13.0. The average Bonchev–Trinajstić information content (AvgIpc) is 3.25. The van der Waals surface area contributed by atoms with Crippen molar-refractivity contribution in [3.8, 4) is 5.75 Å². The molecule has 0 spiro atoms. The number of methoxy groups -OCH3 is 1. The van der Waals surface area contributed by atoms with Crippen molar-refractivity contribution in [3.63, 3.8) is 0 Å². The van der Waals surface area contributed by atoms with Crippen LogP contribution in [0.2, 0.25) is 0 Å². The van der Waals surface area contributed by atoms with E-state index in [1.165, 1.54) is 7.11 Å². The first-order chi connectivity index (χ1) is 14.6. The van der Waals surface area contributed by atoms with Crippen LogP contribution in [-0.2, 0) is 9.59 Å². The molecule has 1 aromatic heterocycles.